The van der Waals surface area contributed by atoms with E-state index in [1.165, 1.54) is 4.90 Å². The first-order chi connectivity index (χ1) is 8.50. The number of nitrogens with zero attached hydrogens (tertiary/aromatic N) is 1. The monoisotopic (exact) mass is 270 g/mol. The Hall–Kier alpha value is -1.33. The van der Waals surface area contributed by atoms with Crippen LogP contribution in [0.3, 0.4) is 0 Å². The molecule has 4 nitrogen and oxygen atoms in total. The van der Waals surface area contributed by atoms with Gasteiger partial charge < -0.3 is 10.4 Å². The highest BCUT2D eigenvalue weighted by molar-refractivity contribution is 6.32. The Labute approximate surface area is 108 Å². The van der Waals surface area contributed by atoms with Gasteiger partial charge in [-0.05, 0) is 31.3 Å². The fourth-order valence-electron chi connectivity index (χ4n) is 2.42. The van der Waals surface area contributed by atoms with Crippen molar-refractivity contribution in [2.24, 2.45) is 5.92 Å². The molecule has 1 aliphatic carbocycles. The van der Waals surface area contributed by atoms with Crippen LogP contribution >= 0.6 is 11.6 Å². The summed E-state index contributed by atoms with van der Waals surface area (Å²) in [5.74, 6) is -0.397. The maximum Gasteiger partial charge on any atom is 0.328 e. The van der Waals surface area contributed by atoms with Crippen LogP contribution in [0, 0.1) is 5.92 Å². The molecule has 1 unspecified atom stereocenters. The van der Waals surface area contributed by atoms with E-state index < -0.39 is 18.1 Å². The van der Waals surface area contributed by atoms with E-state index in [1.54, 1.807) is 6.92 Å². The van der Waals surface area contributed by atoms with Gasteiger partial charge in [-0.15, -0.1) is 0 Å². The number of hydrogen-bond donors (Lipinski definition) is 2. The van der Waals surface area contributed by atoms with E-state index >= 15 is 0 Å². The number of carbonyl (C=O) groups excluding carboxylic acids is 1. The number of nitrogens with one attached hydrogen (secondary N) is 1. The van der Waals surface area contributed by atoms with Gasteiger partial charge in [0.25, 0.3) is 0 Å². The molecule has 0 aromatic heterocycles. The Morgan fingerprint density at radius 2 is 2.22 bits per heavy atom. The molecule has 2 heterocycles. The molecule has 0 radical (unpaired) electrons. The lowest BCUT2D eigenvalue weighted by atomic mass is 9.97. The van der Waals surface area contributed by atoms with Gasteiger partial charge in [0.15, 0.2) is 12.1 Å². The Morgan fingerprint density at radius 3 is 2.83 bits per heavy atom. The average molecular weight is 271 g/mol. The van der Waals surface area contributed by atoms with Crippen LogP contribution in [0.5, 0.6) is 0 Å². The van der Waals surface area contributed by atoms with Crippen LogP contribution in [-0.4, -0.2) is 22.3 Å². The SMILES string of the molecule is CC1=C(Cl)C(F)=CN2C(=O)NC(O)C(C3CC3)=C12. The van der Waals surface area contributed by atoms with Crippen molar-refractivity contribution in [3.05, 3.63) is 33.9 Å². The van der Waals surface area contributed by atoms with Crippen molar-refractivity contribution in [2.45, 2.75) is 26.0 Å². The number of rotatable bonds is 1. The molecule has 6 heteroatoms. The highest BCUT2D eigenvalue weighted by Crippen LogP contribution is 2.45. The van der Waals surface area contributed by atoms with Crippen LogP contribution in [0.15, 0.2) is 33.9 Å². The number of halogens is 2. The molecule has 2 N–H and O–H groups in total. The van der Waals surface area contributed by atoms with Crippen LogP contribution < -0.4 is 5.32 Å². The lowest BCUT2D eigenvalue weighted by Gasteiger charge is -2.36. The molecule has 0 spiro atoms. The van der Waals surface area contributed by atoms with E-state index in [0.29, 0.717) is 11.3 Å². The van der Waals surface area contributed by atoms with Crippen molar-refractivity contribution in [3.8, 4) is 0 Å². The summed E-state index contributed by atoms with van der Waals surface area (Å²) < 4.78 is 13.6. The number of aliphatic hydroxyl groups excluding tert-OH is 1. The summed E-state index contributed by atoms with van der Waals surface area (Å²) >= 11 is 5.89. The molecule has 96 valence electrons. The van der Waals surface area contributed by atoms with Gasteiger partial charge in [0.1, 0.15) is 0 Å². The number of amides is 2. The van der Waals surface area contributed by atoms with Crippen LogP contribution in [0.2, 0.25) is 0 Å². The third-order valence-electron chi connectivity index (χ3n) is 3.44. The Morgan fingerprint density at radius 1 is 1.56 bits per heavy atom. The second-order valence-electron chi connectivity index (χ2n) is 4.72. The molecule has 18 heavy (non-hydrogen) atoms. The number of hydrogen-bond acceptors (Lipinski definition) is 2. The van der Waals surface area contributed by atoms with E-state index in [9.17, 15) is 14.3 Å². The molecule has 2 aliphatic heterocycles. The lowest BCUT2D eigenvalue weighted by molar-refractivity contribution is 0.142. The molecular weight excluding hydrogens is 259 g/mol. The average Bonchev–Trinajstić information content (AvgIpc) is 3.12. The lowest BCUT2D eigenvalue weighted by Crippen LogP contribution is -2.50. The summed E-state index contributed by atoms with van der Waals surface area (Å²) in [5.41, 5.74) is 1.77. The summed E-state index contributed by atoms with van der Waals surface area (Å²) in [6.07, 6.45) is 1.99. The van der Waals surface area contributed by atoms with Crippen molar-refractivity contribution in [2.75, 3.05) is 0 Å². The van der Waals surface area contributed by atoms with Gasteiger partial charge in [0, 0.05) is 5.57 Å². The normalized spacial score (nSPS) is 28.2. The molecule has 2 amide bonds. The summed E-state index contributed by atoms with van der Waals surface area (Å²) in [5, 5.41) is 12.4. The summed E-state index contributed by atoms with van der Waals surface area (Å²) in [6.45, 7) is 1.66. The topological polar surface area (TPSA) is 52.6 Å². The van der Waals surface area contributed by atoms with E-state index in [1.807, 2.05) is 0 Å². The first kappa shape index (κ1) is 11.7. The van der Waals surface area contributed by atoms with Crippen molar-refractivity contribution in [1.82, 2.24) is 10.2 Å². The van der Waals surface area contributed by atoms with Crippen molar-refractivity contribution < 1.29 is 14.3 Å². The quantitative estimate of drug-likeness (QED) is 0.768. The summed E-state index contributed by atoms with van der Waals surface area (Å²) in [6, 6.07) is -0.541. The minimum Gasteiger partial charge on any atom is -0.370 e. The van der Waals surface area contributed by atoms with E-state index in [0.717, 1.165) is 24.6 Å². The number of allylic oxidation sites excluding steroid dienone is 3. The number of urea groups is 1. The van der Waals surface area contributed by atoms with Crippen molar-refractivity contribution in [1.29, 1.82) is 0 Å². The van der Waals surface area contributed by atoms with E-state index in [-0.39, 0.29) is 11.0 Å². The molecule has 0 saturated heterocycles. The van der Waals surface area contributed by atoms with Gasteiger partial charge in [0.05, 0.1) is 16.9 Å². The third kappa shape index (κ3) is 1.58. The maximum absolute atomic E-state index is 13.6. The maximum atomic E-state index is 13.6. The summed E-state index contributed by atoms with van der Waals surface area (Å²) in [4.78, 5) is 13.0. The fourth-order valence-corrected chi connectivity index (χ4v) is 2.56. The second-order valence-corrected chi connectivity index (χ2v) is 5.09. The van der Waals surface area contributed by atoms with Crippen LogP contribution in [-0.2, 0) is 0 Å². The smallest absolute Gasteiger partial charge is 0.328 e. The largest absolute Gasteiger partial charge is 0.370 e. The summed E-state index contributed by atoms with van der Waals surface area (Å²) in [7, 11) is 0. The van der Waals surface area contributed by atoms with Crippen LogP contribution in [0.4, 0.5) is 9.18 Å². The van der Waals surface area contributed by atoms with Gasteiger partial charge >= 0.3 is 6.03 Å². The number of aliphatic hydroxyl groups is 1. The standard InChI is InChI=1S/C12H12ClFN2O2/c1-5-9(13)7(14)4-16-10(5)8(6-2-3-6)11(17)15-12(16)18/h4,6,11,17H,2-3H2,1H3,(H,15,18). The molecule has 1 fully saturated rings. The first-order valence-electron chi connectivity index (χ1n) is 5.77. The van der Waals surface area contributed by atoms with Crippen LogP contribution in [0.25, 0.3) is 0 Å². The molecule has 0 bridgehead atoms. The zero-order chi connectivity index (χ0) is 13.0. The molecule has 1 saturated carbocycles. The molecule has 3 aliphatic rings. The zero-order valence-electron chi connectivity index (χ0n) is 9.70. The van der Waals surface area contributed by atoms with Gasteiger partial charge in [-0.25, -0.2) is 9.18 Å². The number of fused-ring (bicyclic) bond motifs is 1. The fraction of sp³-hybridized carbons (Fsp3) is 0.417. The van der Waals surface area contributed by atoms with Gasteiger partial charge in [-0.3, -0.25) is 4.90 Å². The predicted octanol–water partition coefficient (Wildman–Crippen LogP) is 2.33. The Bertz CT molecular complexity index is 534. The Balaban J connectivity index is 2.20. The predicted molar refractivity (Wildman–Crippen MR) is 63.9 cm³/mol. The molecule has 0 aromatic rings. The Kier molecular flexibility index (Phi) is 2.50. The minimum atomic E-state index is -1.01. The van der Waals surface area contributed by atoms with E-state index in [2.05, 4.69) is 5.32 Å². The van der Waals surface area contributed by atoms with Gasteiger partial charge in [-0.2, -0.15) is 0 Å². The highest BCUT2D eigenvalue weighted by atomic mass is 35.5. The highest BCUT2D eigenvalue weighted by Gasteiger charge is 2.42. The van der Waals surface area contributed by atoms with Crippen molar-refractivity contribution in [3.63, 3.8) is 0 Å². The van der Waals surface area contributed by atoms with Gasteiger partial charge in [-0.1, -0.05) is 11.6 Å². The molecular formula is C12H12ClFN2O2. The third-order valence-corrected chi connectivity index (χ3v) is 3.91. The van der Waals surface area contributed by atoms with Crippen molar-refractivity contribution >= 4 is 17.6 Å². The first-order valence-corrected chi connectivity index (χ1v) is 6.14. The molecule has 1 atom stereocenters. The zero-order valence-corrected chi connectivity index (χ0v) is 10.5. The second kappa shape index (κ2) is 3.83. The molecule has 0 aromatic carbocycles. The minimum absolute atomic E-state index is 0.00120. The van der Waals surface area contributed by atoms with E-state index in [4.69, 9.17) is 11.6 Å². The van der Waals surface area contributed by atoms with Gasteiger partial charge in [0.2, 0.25) is 0 Å². The van der Waals surface area contributed by atoms with Crippen LogP contribution in [0.1, 0.15) is 19.8 Å². The number of carbonyl (C=O) groups is 1. The molecule has 3 rings (SSSR count).